The van der Waals surface area contributed by atoms with Gasteiger partial charge >= 0.3 is 0 Å². The number of benzene rings is 2. The third kappa shape index (κ3) is 4.96. The largest absolute Gasteiger partial charge is 0.325 e. The highest BCUT2D eigenvalue weighted by Crippen LogP contribution is 2.37. The maximum atomic E-state index is 12.9. The van der Waals surface area contributed by atoms with E-state index in [1.54, 1.807) is 0 Å². The van der Waals surface area contributed by atoms with Crippen molar-refractivity contribution in [3.63, 3.8) is 0 Å². The van der Waals surface area contributed by atoms with Crippen LogP contribution in [0.3, 0.4) is 0 Å². The average Bonchev–Trinajstić information content (AvgIpc) is 3.22. The zero-order valence-electron chi connectivity index (χ0n) is 18.0. The molecule has 8 heteroatoms. The summed E-state index contributed by atoms with van der Waals surface area (Å²) in [7, 11) is -3.03. The molecule has 4 rings (SSSR count). The third-order valence-electron chi connectivity index (χ3n) is 5.79. The zero-order chi connectivity index (χ0) is 22.2. The van der Waals surface area contributed by atoms with Crippen LogP contribution in [0.5, 0.6) is 0 Å². The minimum absolute atomic E-state index is 0.0707. The number of thioether (sulfide) groups is 1. The van der Waals surface area contributed by atoms with Crippen molar-refractivity contribution in [2.24, 2.45) is 4.99 Å². The van der Waals surface area contributed by atoms with Gasteiger partial charge in [0, 0.05) is 16.6 Å². The van der Waals surface area contributed by atoms with Gasteiger partial charge in [-0.15, -0.1) is 0 Å². The maximum absolute atomic E-state index is 12.9. The highest BCUT2D eigenvalue weighted by atomic mass is 32.2. The van der Waals surface area contributed by atoms with Gasteiger partial charge in [0.2, 0.25) is 5.91 Å². The molecule has 164 valence electrons. The molecule has 2 aliphatic rings. The molecule has 1 fully saturated rings. The quantitative estimate of drug-likeness (QED) is 0.743. The molecule has 0 unspecified atom stereocenters. The molecule has 1 amide bonds. The van der Waals surface area contributed by atoms with Crippen LogP contribution in [0.15, 0.2) is 47.5 Å². The molecular formula is C23H27N3O3S2. The van der Waals surface area contributed by atoms with Gasteiger partial charge < -0.3 is 10.2 Å². The van der Waals surface area contributed by atoms with Crippen molar-refractivity contribution in [1.82, 2.24) is 0 Å². The number of aryl methyl sites for hydroxylation is 3. The molecule has 2 aromatic carbocycles. The Morgan fingerprint density at radius 2 is 1.87 bits per heavy atom. The summed E-state index contributed by atoms with van der Waals surface area (Å²) in [6.07, 6.45) is 0.948. The maximum Gasteiger partial charge on any atom is 0.244 e. The Morgan fingerprint density at radius 1 is 1.13 bits per heavy atom. The highest BCUT2D eigenvalue weighted by molar-refractivity contribution is 8.15. The molecule has 0 spiro atoms. The predicted molar refractivity (Wildman–Crippen MR) is 129 cm³/mol. The van der Waals surface area contributed by atoms with Gasteiger partial charge in [0.25, 0.3) is 0 Å². The molecule has 31 heavy (non-hydrogen) atoms. The lowest BCUT2D eigenvalue weighted by atomic mass is 10.1. The van der Waals surface area contributed by atoms with Crippen molar-refractivity contribution in [1.29, 1.82) is 0 Å². The van der Waals surface area contributed by atoms with E-state index in [9.17, 15) is 13.2 Å². The van der Waals surface area contributed by atoms with E-state index in [2.05, 4.69) is 12.2 Å². The summed E-state index contributed by atoms with van der Waals surface area (Å²) >= 11 is 1.47. The standard InChI is InChI=1S/C23H27N3O3S2/c1-4-17-6-8-18(9-7-17)24-22(27)12-26(19-10-5-15(2)16(3)11-19)23-25-20-13-31(28,29)14-21(20)30-23/h5-11,20-21H,4,12-14H2,1-3H3,(H,24,27)/t20-,21+/m1/s1. The number of carbonyl (C=O) groups is 1. The Kier molecular flexibility index (Phi) is 6.12. The van der Waals surface area contributed by atoms with E-state index in [0.29, 0.717) is 5.17 Å². The number of rotatable bonds is 5. The van der Waals surface area contributed by atoms with Gasteiger partial charge in [-0.3, -0.25) is 9.79 Å². The van der Waals surface area contributed by atoms with Crippen LogP contribution in [0.1, 0.15) is 23.6 Å². The SMILES string of the molecule is CCc1ccc(NC(=O)CN(C2=N[C@@H]3CS(=O)(=O)C[C@@H]3S2)c2ccc(C)c(C)c2)cc1. The number of hydrogen-bond donors (Lipinski definition) is 1. The molecule has 1 saturated heterocycles. The number of amides is 1. The minimum Gasteiger partial charge on any atom is -0.325 e. The number of nitrogens with one attached hydrogen (secondary N) is 1. The van der Waals surface area contributed by atoms with Crippen molar-refractivity contribution in [2.45, 2.75) is 38.5 Å². The summed E-state index contributed by atoms with van der Waals surface area (Å²) in [5.74, 6) is 0.0900. The second kappa shape index (κ2) is 8.67. The molecule has 2 aliphatic heterocycles. The summed E-state index contributed by atoms with van der Waals surface area (Å²) in [5.41, 5.74) is 5.16. The molecule has 2 atom stereocenters. The topological polar surface area (TPSA) is 78.8 Å². The van der Waals surface area contributed by atoms with Crippen molar-refractivity contribution in [3.05, 3.63) is 59.2 Å². The van der Waals surface area contributed by atoms with Crippen LogP contribution >= 0.6 is 11.8 Å². The molecule has 2 heterocycles. The summed E-state index contributed by atoms with van der Waals surface area (Å²) in [6, 6.07) is 13.7. The fraction of sp³-hybridized carbons (Fsp3) is 0.391. The number of hydrogen-bond acceptors (Lipinski definition) is 6. The van der Waals surface area contributed by atoms with E-state index in [4.69, 9.17) is 4.99 Å². The van der Waals surface area contributed by atoms with Crippen LogP contribution in [0.4, 0.5) is 11.4 Å². The second-order valence-electron chi connectivity index (χ2n) is 8.17. The van der Waals surface area contributed by atoms with E-state index < -0.39 is 9.84 Å². The lowest BCUT2D eigenvalue weighted by molar-refractivity contribution is -0.114. The number of carbonyl (C=O) groups excluding carboxylic acids is 1. The molecule has 0 saturated carbocycles. The summed E-state index contributed by atoms with van der Waals surface area (Å²) in [6.45, 7) is 6.29. The fourth-order valence-corrected chi connectivity index (χ4v) is 7.58. The third-order valence-corrected chi connectivity index (χ3v) is 9.03. The van der Waals surface area contributed by atoms with Gasteiger partial charge in [-0.2, -0.15) is 0 Å². The van der Waals surface area contributed by atoms with E-state index in [0.717, 1.165) is 23.4 Å². The van der Waals surface area contributed by atoms with E-state index >= 15 is 0 Å². The number of nitrogens with zero attached hydrogens (tertiary/aromatic N) is 2. The van der Waals surface area contributed by atoms with Crippen LogP contribution in [0.25, 0.3) is 0 Å². The first-order chi connectivity index (χ1) is 14.7. The predicted octanol–water partition coefficient (Wildman–Crippen LogP) is 3.58. The van der Waals surface area contributed by atoms with Gasteiger partial charge in [0.1, 0.15) is 6.54 Å². The van der Waals surface area contributed by atoms with Gasteiger partial charge in [-0.05, 0) is 61.2 Å². The highest BCUT2D eigenvalue weighted by Gasteiger charge is 2.44. The number of amidine groups is 1. The van der Waals surface area contributed by atoms with E-state index in [1.165, 1.54) is 22.9 Å². The Balaban J connectivity index is 1.57. The van der Waals surface area contributed by atoms with Crippen LogP contribution < -0.4 is 10.2 Å². The Morgan fingerprint density at radius 3 is 2.52 bits per heavy atom. The summed E-state index contributed by atoms with van der Waals surface area (Å²) in [5, 5.41) is 3.61. The van der Waals surface area contributed by atoms with Gasteiger partial charge in [0.15, 0.2) is 15.0 Å². The van der Waals surface area contributed by atoms with Crippen LogP contribution in [-0.4, -0.2) is 48.8 Å². The fourth-order valence-electron chi connectivity index (χ4n) is 3.80. The molecule has 0 bridgehead atoms. The molecule has 0 aliphatic carbocycles. The summed E-state index contributed by atoms with van der Waals surface area (Å²) in [4.78, 5) is 19.5. The Hall–Kier alpha value is -2.32. The van der Waals surface area contributed by atoms with Gasteiger partial charge in [-0.25, -0.2) is 8.42 Å². The molecule has 0 radical (unpaired) electrons. The van der Waals surface area contributed by atoms with Crippen molar-refractivity contribution < 1.29 is 13.2 Å². The first-order valence-corrected chi connectivity index (χ1v) is 13.1. The van der Waals surface area contributed by atoms with Crippen molar-refractivity contribution in [3.8, 4) is 0 Å². The summed E-state index contributed by atoms with van der Waals surface area (Å²) < 4.78 is 23.9. The molecule has 2 aromatic rings. The normalized spacial score (nSPS) is 21.5. The number of anilines is 2. The smallest absolute Gasteiger partial charge is 0.244 e. The Bertz CT molecular complexity index is 1130. The average molecular weight is 458 g/mol. The lowest BCUT2D eigenvalue weighted by Gasteiger charge is -2.25. The zero-order valence-corrected chi connectivity index (χ0v) is 19.6. The Labute approximate surface area is 188 Å². The van der Waals surface area contributed by atoms with Gasteiger partial charge in [-0.1, -0.05) is 36.9 Å². The molecule has 0 aromatic heterocycles. The lowest BCUT2D eigenvalue weighted by Crippen LogP contribution is -2.36. The molecule has 6 nitrogen and oxygen atoms in total. The van der Waals surface area contributed by atoms with Gasteiger partial charge in [0.05, 0.1) is 17.5 Å². The molecule has 1 N–H and O–H groups in total. The van der Waals surface area contributed by atoms with Crippen LogP contribution in [0.2, 0.25) is 0 Å². The van der Waals surface area contributed by atoms with Crippen molar-refractivity contribution >= 4 is 44.0 Å². The van der Waals surface area contributed by atoms with E-state index in [-0.39, 0.29) is 35.2 Å². The number of aliphatic imine (C=N–C) groups is 1. The first kappa shape index (κ1) is 21.9. The second-order valence-corrected chi connectivity index (χ2v) is 11.5. The number of fused-ring (bicyclic) bond motifs is 1. The van der Waals surface area contributed by atoms with Crippen LogP contribution in [-0.2, 0) is 21.1 Å². The molecular weight excluding hydrogens is 430 g/mol. The van der Waals surface area contributed by atoms with Crippen LogP contribution in [0, 0.1) is 13.8 Å². The first-order valence-electron chi connectivity index (χ1n) is 10.4. The van der Waals surface area contributed by atoms with E-state index in [1.807, 2.05) is 61.2 Å². The van der Waals surface area contributed by atoms with Crippen molar-refractivity contribution in [2.75, 3.05) is 28.3 Å². The monoisotopic (exact) mass is 457 g/mol. The number of sulfone groups is 1. The minimum atomic E-state index is -3.03.